The average molecular weight is 232 g/mol. The molecule has 1 aromatic carbocycles. The van der Waals surface area contributed by atoms with Gasteiger partial charge in [-0.3, -0.25) is 0 Å². The van der Waals surface area contributed by atoms with Gasteiger partial charge in [0.1, 0.15) is 0 Å². The third-order valence-electron chi connectivity index (χ3n) is 3.90. The molecule has 0 heterocycles. The van der Waals surface area contributed by atoms with Gasteiger partial charge in [0.2, 0.25) is 0 Å². The summed E-state index contributed by atoms with van der Waals surface area (Å²) in [4.78, 5) is 0. The Balaban J connectivity index is 1.75. The number of benzene rings is 1. The van der Waals surface area contributed by atoms with E-state index in [0.717, 1.165) is 26.1 Å². The van der Waals surface area contributed by atoms with Crippen molar-refractivity contribution >= 4 is 0 Å². The van der Waals surface area contributed by atoms with Crippen LogP contribution in [0.4, 0.5) is 0 Å². The molecule has 1 aromatic rings. The molecule has 0 unspecified atom stereocenters. The van der Waals surface area contributed by atoms with E-state index < -0.39 is 0 Å². The molecule has 0 saturated heterocycles. The molecule has 1 aliphatic rings. The largest absolute Gasteiger partial charge is 0.330 e. The Bertz CT molecular complexity index is 338. The van der Waals surface area contributed by atoms with Gasteiger partial charge in [-0.2, -0.15) is 0 Å². The molecule has 0 radical (unpaired) electrons. The van der Waals surface area contributed by atoms with Crippen LogP contribution in [0.3, 0.4) is 0 Å². The van der Waals surface area contributed by atoms with Gasteiger partial charge in [0, 0.05) is 13.1 Å². The van der Waals surface area contributed by atoms with Crippen molar-refractivity contribution < 1.29 is 0 Å². The molecule has 0 amide bonds. The SMILES string of the molecule is CC1(CNCc2ccc(CCN)cc2)CCC1. The Morgan fingerprint density at radius 3 is 2.35 bits per heavy atom. The van der Waals surface area contributed by atoms with E-state index in [2.05, 4.69) is 36.5 Å². The van der Waals surface area contributed by atoms with Crippen LogP contribution >= 0.6 is 0 Å². The van der Waals surface area contributed by atoms with Crippen LogP contribution in [0.25, 0.3) is 0 Å². The summed E-state index contributed by atoms with van der Waals surface area (Å²) >= 11 is 0. The Morgan fingerprint density at radius 2 is 1.82 bits per heavy atom. The highest BCUT2D eigenvalue weighted by atomic mass is 14.9. The lowest BCUT2D eigenvalue weighted by atomic mass is 9.70. The monoisotopic (exact) mass is 232 g/mol. The van der Waals surface area contributed by atoms with Crippen molar-refractivity contribution in [3.8, 4) is 0 Å². The van der Waals surface area contributed by atoms with E-state index >= 15 is 0 Å². The van der Waals surface area contributed by atoms with Gasteiger partial charge in [-0.15, -0.1) is 0 Å². The molecule has 2 nitrogen and oxygen atoms in total. The van der Waals surface area contributed by atoms with Gasteiger partial charge in [-0.25, -0.2) is 0 Å². The minimum atomic E-state index is 0.569. The van der Waals surface area contributed by atoms with Crippen LogP contribution in [0, 0.1) is 5.41 Å². The van der Waals surface area contributed by atoms with Crippen molar-refractivity contribution in [2.24, 2.45) is 11.1 Å². The van der Waals surface area contributed by atoms with Crippen LogP contribution < -0.4 is 11.1 Å². The zero-order valence-electron chi connectivity index (χ0n) is 10.8. The standard InChI is InChI=1S/C15H24N2/c1-15(8-2-9-15)12-17-11-14-5-3-13(4-6-14)7-10-16/h3-6,17H,2,7-12,16H2,1H3. The minimum absolute atomic E-state index is 0.569. The summed E-state index contributed by atoms with van der Waals surface area (Å²) in [6, 6.07) is 8.80. The van der Waals surface area contributed by atoms with E-state index in [1.54, 1.807) is 0 Å². The van der Waals surface area contributed by atoms with E-state index in [4.69, 9.17) is 5.73 Å². The molecule has 2 rings (SSSR count). The van der Waals surface area contributed by atoms with Gasteiger partial charge in [0.25, 0.3) is 0 Å². The van der Waals surface area contributed by atoms with Crippen molar-refractivity contribution in [3.63, 3.8) is 0 Å². The number of nitrogens with two attached hydrogens (primary N) is 1. The summed E-state index contributed by atoms with van der Waals surface area (Å²) < 4.78 is 0. The molecule has 0 spiro atoms. The fraction of sp³-hybridized carbons (Fsp3) is 0.600. The molecule has 0 aliphatic heterocycles. The molecule has 0 atom stereocenters. The van der Waals surface area contributed by atoms with E-state index in [0.29, 0.717) is 5.41 Å². The van der Waals surface area contributed by atoms with Crippen LogP contribution in [0.15, 0.2) is 24.3 Å². The number of hydrogen-bond acceptors (Lipinski definition) is 2. The third kappa shape index (κ3) is 3.55. The summed E-state index contributed by atoms with van der Waals surface area (Å²) in [5, 5.41) is 3.57. The summed E-state index contributed by atoms with van der Waals surface area (Å²) in [5.74, 6) is 0. The van der Waals surface area contributed by atoms with Crippen molar-refractivity contribution in [1.82, 2.24) is 5.32 Å². The van der Waals surface area contributed by atoms with Crippen LogP contribution in [-0.2, 0) is 13.0 Å². The van der Waals surface area contributed by atoms with E-state index in [9.17, 15) is 0 Å². The average Bonchev–Trinajstić information content (AvgIpc) is 2.30. The first-order valence-corrected chi connectivity index (χ1v) is 6.70. The maximum Gasteiger partial charge on any atom is 0.0205 e. The van der Waals surface area contributed by atoms with Crippen molar-refractivity contribution in [3.05, 3.63) is 35.4 Å². The first-order chi connectivity index (χ1) is 8.22. The second kappa shape index (κ2) is 5.65. The summed E-state index contributed by atoms with van der Waals surface area (Å²) in [5.41, 5.74) is 8.81. The molecular weight excluding hydrogens is 208 g/mol. The van der Waals surface area contributed by atoms with Crippen molar-refractivity contribution in [1.29, 1.82) is 0 Å². The second-order valence-electron chi connectivity index (χ2n) is 5.62. The molecule has 1 aliphatic carbocycles. The summed E-state index contributed by atoms with van der Waals surface area (Å²) in [6.07, 6.45) is 5.16. The zero-order chi connectivity index (χ0) is 12.1. The molecule has 94 valence electrons. The molecule has 1 fully saturated rings. The molecule has 3 N–H and O–H groups in total. The highest BCUT2D eigenvalue weighted by Gasteiger charge is 2.30. The minimum Gasteiger partial charge on any atom is -0.330 e. The van der Waals surface area contributed by atoms with Crippen molar-refractivity contribution in [2.45, 2.75) is 39.2 Å². The first-order valence-electron chi connectivity index (χ1n) is 6.70. The molecule has 1 saturated carbocycles. The van der Waals surface area contributed by atoms with E-state index in [1.165, 1.54) is 30.4 Å². The smallest absolute Gasteiger partial charge is 0.0205 e. The van der Waals surface area contributed by atoms with E-state index in [-0.39, 0.29) is 0 Å². The fourth-order valence-electron chi connectivity index (χ4n) is 2.46. The lowest BCUT2D eigenvalue weighted by Crippen LogP contribution is -2.36. The number of nitrogens with one attached hydrogen (secondary N) is 1. The highest BCUT2D eigenvalue weighted by Crippen LogP contribution is 2.39. The molecule has 0 aromatic heterocycles. The van der Waals surface area contributed by atoms with Gasteiger partial charge in [-0.05, 0) is 42.3 Å². The molecule has 2 heteroatoms. The number of hydrogen-bond donors (Lipinski definition) is 2. The second-order valence-corrected chi connectivity index (χ2v) is 5.62. The van der Waals surface area contributed by atoms with Gasteiger partial charge in [0.15, 0.2) is 0 Å². The van der Waals surface area contributed by atoms with Gasteiger partial charge in [-0.1, -0.05) is 37.6 Å². The predicted molar refractivity (Wildman–Crippen MR) is 72.9 cm³/mol. The highest BCUT2D eigenvalue weighted by molar-refractivity contribution is 5.22. The maximum absolute atomic E-state index is 5.54. The van der Waals surface area contributed by atoms with Crippen LogP contribution in [0.1, 0.15) is 37.3 Å². The van der Waals surface area contributed by atoms with Gasteiger partial charge in [0.05, 0.1) is 0 Å². The quantitative estimate of drug-likeness (QED) is 0.790. The van der Waals surface area contributed by atoms with Crippen LogP contribution in [0.2, 0.25) is 0 Å². The fourth-order valence-corrected chi connectivity index (χ4v) is 2.46. The van der Waals surface area contributed by atoms with Crippen LogP contribution in [0.5, 0.6) is 0 Å². The molecular formula is C15H24N2. The maximum atomic E-state index is 5.54. The lowest BCUT2D eigenvalue weighted by Gasteiger charge is -2.38. The molecule has 0 bridgehead atoms. The number of rotatable bonds is 6. The topological polar surface area (TPSA) is 38.0 Å². The Labute approximate surface area is 105 Å². The van der Waals surface area contributed by atoms with Gasteiger partial charge < -0.3 is 11.1 Å². The lowest BCUT2D eigenvalue weighted by molar-refractivity contribution is 0.156. The summed E-state index contributed by atoms with van der Waals surface area (Å²) in [6.45, 7) is 5.25. The normalized spacial score (nSPS) is 17.8. The summed E-state index contributed by atoms with van der Waals surface area (Å²) in [7, 11) is 0. The van der Waals surface area contributed by atoms with Crippen LogP contribution in [-0.4, -0.2) is 13.1 Å². The molecule has 17 heavy (non-hydrogen) atoms. The zero-order valence-corrected chi connectivity index (χ0v) is 10.8. The Kier molecular flexibility index (Phi) is 4.19. The van der Waals surface area contributed by atoms with Gasteiger partial charge >= 0.3 is 0 Å². The van der Waals surface area contributed by atoms with Crippen molar-refractivity contribution in [2.75, 3.05) is 13.1 Å². The Hall–Kier alpha value is -0.860. The third-order valence-corrected chi connectivity index (χ3v) is 3.90. The van der Waals surface area contributed by atoms with E-state index in [1.807, 2.05) is 0 Å². The first kappa shape index (κ1) is 12.6. The predicted octanol–water partition coefficient (Wildman–Crippen LogP) is 2.47. The Morgan fingerprint density at radius 1 is 1.18 bits per heavy atom.